The molecule has 3 aromatic rings. The number of allylic oxidation sites excluding steroid dienone is 1. The molecule has 1 aliphatic heterocycles. The molecular formula is C21H20N8O6. The zero-order chi connectivity index (χ0) is 25.1. The third kappa shape index (κ3) is 4.48. The molecule has 14 heteroatoms. The number of aromatic nitrogens is 3. The molecule has 3 heterocycles. The molecule has 0 bridgehead atoms. The van der Waals surface area contributed by atoms with Crippen LogP contribution in [0.15, 0.2) is 46.9 Å². The second-order valence-electron chi connectivity index (χ2n) is 7.65. The van der Waals surface area contributed by atoms with E-state index in [4.69, 9.17) is 0 Å². The van der Waals surface area contributed by atoms with Gasteiger partial charge in [0.05, 0.1) is 27.5 Å². The second kappa shape index (κ2) is 9.54. The fourth-order valence-electron chi connectivity index (χ4n) is 3.75. The van der Waals surface area contributed by atoms with Gasteiger partial charge in [0, 0.05) is 31.9 Å². The number of non-ortho nitro benzene ring substituents is 1. The largest absolute Gasteiger partial charge is 0.506 e. The fraction of sp³-hybridized carbons (Fsp3) is 0.238. The van der Waals surface area contributed by atoms with Crippen LogP contribution in [0.3, 0.4) is 0 Å². The Hall–Kier alpha value is -4.88. The van der Waals surface area contributed by atoms with E-state index >= 15 is 0 Å². The second-order valence-corrected chi connectivity index (χ2v) is 7.65. The minimum atomic E-state index is -0.801. The maximum atomic E-state index is 13.1. The van der Waals surface area contributed by atoms with Gasteiger partial charge in [-0.25, -0.2) is 4.98 Å². The van der Waals surface area contributed by atoms with Crippen LogP contribution >= 0.6 is 0 Å². The minimum Gasteiger partial charge on any atom is -0.506 e. The normalized spacial score (nSPS) is 13.4. The summed E-state index contributed by atoms with van der Waals surface area (Å²) >= 11 is 0. The highest BCUT2D eigenvalue weighted by Gasteiger charge is 2.21. The molecule has 2 N–H and O–H groups in total. The Balaban J connectivity index is 1.73. The Morgan fingerprint density at radius 3 is 2.63 bits per heavy atom. The maximum absolute atomic E-state index is 13.1. The van der Waals surface area contributed by atoms with Gasteiger partial charge in [-0.1, -0.05) is 6.08 Å². The summed E-state index contributed by atoms with van der Waals surface area (Å²) in [6.45, 7) is 5.37. The molecule has 180 valence electrons. The van der Waals surface area contributed by atoms with E-state index in [-0.39, 0.29) is 28.8 Å². The molecule has 0 atom stereocenters. The van der Waals surface area contributed by atoms with Crippen molar-refractivity contribution in [1.29, 1.82) is 0 Å². The summed E-state index contributed by atoms with van der Waals surface area (Å²) in [6, 6.07) is 2.99. The molecule has 0 amide bonds. The van der Waals surface area contributed by atoms with E-state index in [1.807, 2.05) is 4.90 Å². The number of rotatable bonds is 8. The standard InChI is InChI=1S/C21H20N8O6/c1-2-7-27-19-14(11-22-21(24-19)26-8-3-4-9-26)18(30)15(20(27)31)12-23-25-16-6-5-13(28(32)33)10-17(16)29(34)35/h2,5-6,10-12,25,30H,1,3-4,7-9H2/b23-12+. The first-order chi connectivity index (χ1) is 16.8. The van der Waals surface area contributed by atoms with Crippen LogP contribution in [0.1, 0.15) is 18.4 Å². The van der Waals surface area contributed by atoms with E-state index in [1.165, 1.54) is 16.8 Å². The molecule has 1 saturated heterocycles. The highest BCUT2D eigenvalue weighted by atomic mass is 16.6. The number of hydrazone groups is 1. The van der Waals surface area contributed by atoms with Gasteiger partial charge in [0.2, 0.25) is 5.95 Å². The number of nitrogens with one attached hydrogen (secondary N) is 1. The number of nitro groups is 2. The van der Waals surface area contributed by atoms with E-state index in [0.29, 0.717) is 5.95 Å². The Bertz CT molecular complexity index is 1430. The highest BCUT2D eigenvalue weighted by molar-refractivity contribution is 5.94. The number of nitro benzene ring substituents is 2. The van der Waals surface area contributed by atoms with Crippen molar-refractivity contribution in [2.75, 3.05) is 23.4 Å². The van der Waals surface area contributed by atoms with Gasteiger partial charge in [0.25, 0.3) is 11.2 Å². The minimum absolute atomic E-state index is 0.105. The van der Waals surface area contributed by atoms with Crippen molar-refractivity contribution in [1.82, 2.24) is 14.5 Å². The molecule has 1 aliphatic rings. The average Bonchev–Trinajstić information content (AvgIpc) is 3.38. The van der Waals surface area contributed by atoms with Gasteiger partial charge >= 0.3 is 5.69 Å². The predicted molar refractivity (Wildman–Crippen MR) is 128 cm³/mol. The third-order valence-corrected chi connectivity index (χ3v) is 5.47. The topological polar surface area (TPSA) is 182 Å². The summed E-state index contributed by atoms with van der Waals surface area (Å²) in [5.41, 5.74) is 0.653. The highest BCUT2D eigenvalue weighted by Crippen LogP contribution is 2.29. The zero-order valence-electron chi connectivity index (χ0n) is 18.3. The maximum Gasteiger partial charge on any atom is 0.301 e. The SMILES string of the molecule is C=CCn1c(=O)c(/C=N/Nc2ccc([N+](=O)[O-])cc2[N+](=O)[O-])c(O)c2cnc(N3CCCC3)nc21. The molecule has 1 aromatic carbocycles. The van der Waals surface area contributed by atoms with Crippen LogP contribution in [0, 0.1) is 20.2 Å². The number of aromatic hydroxyl groups is 1. The summed E-state index contributed by atoms with van der Waals surface area (Å²) in [5.74, 6) is 0.0576. The first-order valence-electron chi connectivity index (χ1n) is 10.5. The van der Waals surface area contributed by atoms with Crippen LogP contribution in [0.4, 0.5) is 23.0 Å². The first-order valence-corrected chi connectivity index (χ1v) is 10.5. The number of benzene rings is 1. The smallest absolute Gasteiger partial charge is 0.301 e. The van der Waals surface area contributed by atoms with Gasteiger partial charge < -0.3 is 10.0 Å². The van der Waals surface area contributed by atoms with Crippen molar-refractivity contribution in [2.45, 2.75) is 19.4 Å². The van der Waals surface area contributed by atoms with Crippen LogP contribution in [0.25, 0.3) is 11.0 Å². The van der Waals surface area contributed by atoms with Crippen molar-refractivity contribution in [2.24, 2.45) is 5.10 Å². The van der Waals surface area contributed by atoms with Crippen molar-refractivity contribution >= 4 is 40.3 Å². The van der Waals surface area contributed by atoms with Crippen LogP contribution < -0.4 is 15.9 Å². The van der Waals surface area contributed by atoms with Gasteiger partial charge in [-0.2, -0.15) is 10.1 Å². The van der Waals surface area contributed by atoms with Crippen molar-refractivity contribution < 1.29 is 15.0 Å². The summed E-state index contributed by atoms with van der Waals surface area (Å²) < 4.78 is 1.32. The molecule has 2 aromatic heterocycles. The monoisotopic (exact) mass is 480 g/mol. The lowest BCUT2D eigenvalue weighted by molar-refractivity contribution is -0.393. The molecular weight excluding hydrogens is 460 g/mol. The number of hydrogen-bond acceptors (Lipinski definition) is 11. The zero-order valence-corrected chi connectivity index (χ0v) is 18.3. The van der Waals surface area contributed by atoms with Gasteiger partial charge in [-0.3, -0.25) is 35.0 Å². The van der Waals surface area contributed by atoms with Crippen molar-refractivity contribution in [3.63, 3.8) is 0 Å². The fourth-order valence-corrected chi connectivity index (χ4v) is 3.75. The Kier molecular flexibility index (Phi) is 6.35. The molecule has 1 fully saturated rings. The number of anilines is 2. The van der Waals surface area contributed by atoms with Crippen LogP contribution in [-0.2, 0) is 6.54 Å². The molecule has 4 rings (SSSR count). The van der Waals surface area contributed by atoms with Crippen LogP contribution in [0.5, 0.6) is 5.75 Å². The summed E-state index contributed by atoms with van der Waals surface area (Å²) in [7, 11) is 0. The van der Waals surface area contributed by atoms with Gasteiger partial charge in [-0.05, 0) is 18.9 Å². The Morgan fingerprint density at radius 1 is 1.23 bits per heavy atom. The lowest BCUT2D eigenvalue weighted by Crippen LogP contribution is -2.26. The predicted octanol–water partition coefficient (Wildman–Crippen LogP) is 2.55. The van der Waals surface area contributed by atoms with Gasteiger partial charge in [0.15, 0.2) is 5.65 Å². The van der Waals surface area contributed by atoms with E-state index in [2.05, 4.69) is 27.1 Å². The van der Waals surface area contributed by atoms with E-state index in [1.54, 1.807) is 0 Å². The van der Waals surface area contributed by atoms with E-state index < -0.39 is 32.5 Å². The van der Waals surface area contributed by atoms with Crippen molar-refractivity contribution in [3.8, 4) is 5.75 Å². The van der Waals surface area contributed by atoms with E-state index in [0.717, 1.165) is 50.3 Å². The molecule has 14 nitrogen and oxygen atoms in total. The lowest BCUT2D eigenvalue weighted by atomic mass is 10.2. The molecule has 0 spiro atoms. The molecule has 0 radical (unpaired) electrons. The van der Waals surface area contributed by atoms with Crippen LogP contribution in [-0.4, -0.2) is 48.8 Å². The third-order valence-electron chi connectivity index (χ3n) is 5.47. The molecule has 0 unspecified atom stereocenters. The summed E-state index contributed by atoms with van der Waals surface area (Å²) in [6.07, 6.45) is 5.98. The number of fused-ring (bicyclic) bond motifs is 1. The molecule has 35 heavy (non-hydrogen) atoms. The van der Waals surface area contributed by atoms with E-state index in [9.17, 15) is 30.1 Å². The number of hydrogen-bond donors (Lipinski definition) is 2. The number of pyridine rings is 1. The molecule has 0 aliphatic carbocycles. The van der Waals surface area contributed by atoms with Gasteiger partial charge in [-0.15, -0.1) is 6.58 Å². The summed E-state index contributed by atoms with van der Waals surface area (Å²) in [4.78, 5) is 44.6. The Morgan fingerprint density at radius 2 is 1.97 bits per heavy atom. The van der Waals surface area contributed by atoms with Crippen molar-refractivity contribution in [3.05, 3.63) is 73.2 Å². The summed E-state index contributed by atoms with van der Waals surface area (Å²) in [5, 5.41) is 37.0. The lowest BCUT2D eigenvalue weighted by Gasteiger charge is -2.17. The van der Waals surface area contributed by atoms with Gasteiger partial charge in [0.1, 0.15) is 17.0 Å². The quantitative estimate of drug-likeness (QED) is 0.210. The first kappa shape index (κ1) is 23.3. The molecule has 0 saturated carbocycles. The van der Waals surface area contributed by atoms with Crippen LogP contribution in [0.2, 0.25) is 0 Å². The average molecular weight is 480 g/mol. The number of nitrogens with zero attached hydrogens (tertiary/aromatic N) is 7. The Labute approximate surface area is 197 Å².